The second-order valence-corrected chi connectivity index (χ2v) is 15.6. The molecule has 0 unspecified atom stereocenters. The first kappa shape index (κ1) is 36.6. The molecule has 0 spiro atoms. The van der Waals surface area contributed by atoms with E-state index in [4.69, 9.17) is 0 Å². The molecule has 60 heavy (non-hydrogen) atoms. The van der Waals surface area contributed by atoms with Crippen molar-refractivity contribution in [3.63, 3.8) is 0 Å². The van der Waals surface area contributed by atoms with Crippen molar-refractivity contribution in [2.24, 2.45) is 0 Å². The van der Waals surface area contributed by atoms with Gasteiger partial charge in [0, 0.05) is 22.7 Å². The van der Waals surface area contributed by atoms with Crippen molar-refractivity contribution in [3.05, 3.63) is 230 Å². The predicted molar refractivity (Wildman–Crippen MR) is 258 cm³/mol. The summed E-state index contributed by atoms with van der Waals surface area (Å²) in [6.45, 7) is 4.53. The van der Waals surface area contributed by atoms with Crippen molar-refractivity contribution in [1.29, 1.82) is 0 Å². The highest BCUT2D eigenvalue weighted by Gasteiger charge is 2.19. The maximum absolute atomic E-state index is 3.60. The number of hydrogen-bond donors (Lipinski definition) is 2. The van der Waals surface area contributed by atoms with Crippen LogP contribution in [0, 0.1) is 13.8 Å². The van der Waals surface area contributed by atoms with Crippen LogP contribution in [0.5, 0.6) is 0 Å². The molecule has 0 aliphatic heterocycles. The molecule has 0 aliphatic rings. The lowest BCUT2D eigenvalue weighted by Gasteiger charge is -2.21. The van der Waals surface area contributed by atoms with Crippen LogP contribution >= 0.6 is 0 Å². The Kier molecular flexibility index (Phi) is 9.73. The molecule has 2 N–H and O–H groups in total. The van der Waals surface area contributed by atoms with Gasteiger partial charge in [-0.25, -0.2) is 0 Å². The van der Waals surface area contributed by atoms with Crippen LogP contribution in [0.3, 0.4) is 0 Å². The largest absolute Gasteiger partial charge is 0.356 e. The Labute approximate surface area is 352 Å². The van der Waals surface area contributed by atoms with Crippen LogP contribution in [0.25, 0.3) is 77.2 Å². The Bertz CT molecular complexity index is 2880. The summed E-state index contributed by atoms with van der Waals surface area (Å²) in [5, 5.41) is 12.2. The van der Waals surface area contributed by atoms with Crippen LogP contribution in [0.15, 0.2) is 218 Å². The molecule has 0 saturated carbocycles. The molecule has 2 nitrogen and oxygen atoms in total. The first-order valence-corrected chi connectivity index (χ1v) is 20.7. The summed E-state index contributed by atoms with van der Waals surface area (Å²) in [7, 11) is 0. The van der Waals surface area contributed by atoms with E-state index < -0.39 is 0 Å². The van der Waals surface area contributed by atoms with Gasteiger partial charge in [0.15, 0.2) is 0 Å². The molecule has 0 aliphatic carbocycles. The molecule has 0 fully saturated rings. The van der Waals surface area contributed by atoms with Gasteiger partial charge < -0.3 is 10.6 Å². The quantitative estimate of drug-likeness (QED) is 0.153. The molecule has 0 heterocycles. The predicted octanol–water partition coefficient (Wildman–Crippen LogP) is 16.4. The molecule has 0 saturated heterocycles. The summed E-state index contributed by atoms with van der Waals surface area (Å²) in [6.07, 6.45) is 0. The average Bonchev–Trinajstić information content (AvgIpc) is 3.31. The molecule has 2 heteroatoms. The van der Waals surface area contributed by atoms with Crippen LogP contribution in [-0.4, -0.2) is 0 Å². The highest BCUT2D eigenvalue weighted by atomic mass is 14.9. The maximum atomic E-state index is 3.60. The fourth-order valence-electron chi connectivity index (χ4n) is 8.72. The first-order valence-electron chi connectivity index (χ1n) is 20.7. The van der Waals surface area contributed by atoms with Crippen molar-refractivity contribution >= 4 is 44.3 Å². The fourth-order valence-corrected chi connectivity index (χ4v) is 8.72. The van der Waals surface area contributed by atoms with E-state index in [0.29, 0.717) is 0 Å². The lowest BCUT2D eigenvalue weighted by molar-refractivity contribution is 1.44. The molecule has 0 atom stereocenters. The molecule has 10 rings (SSSR count). The third-order valence-electron chi connectivity index (χ3n) is 11.7. The number of fused-ring (bicyclic) bond motifs is 2. The zero-order chi connectivity index (χ0) is 40.4. The number of benzene rings is 10. The van der Waals surface area contributed by atoms with Gasteiger partial charge in [-0.3, -0.25) is 0 Å². The number of anilines is 4. The number of nitrogens with one attached hydrogen (secondary N) is 2. The maximum Gasteiger partial charge on any atom is 0.0384 e. The highest BCUT2D eigenvalue weighted by molar-refractivity contribution is 6.14. The highest BCUT2D eigenvalue weighted by Crippen LogP contribution is 2.45. The van der Waals surface area contributed by atoms with Gasteiger partial charge in [0.2, 0.25) is 0 Å². The van der Waals surface area contributed by atoms with Gasteiger partial charge in [0.25, 0.3) is 0 Å². The van der Waals surface area contributed by atoms with Crippen molar-refractivity contribution in [2.45, 2.75) is 13.8 Å². The molecule has 0 aromatic heterocycles. The molecular weight excluding hydrogens is 725 g/mol. The zero-order valence-corrected chi connectivity index (χ0v) is 33.8. The zero-order valence-electron chi connectivity index (χ0n) is 33.8. The summed E-state index contributed by atoms with van der Waals surface area (Å²) in [4.78, 5) is 0. The fraction of sp³-hybridized carbons (Fsp3) is 0.0345. The molecule has 0 radical (unpaired) electrons. The Morgan fingerprint density at radius 1 is 0.250 bits per heavy atom. The van der Waals surface area contributed by atoms with Gasteiger partial charge >= 0.3 is 0 Å². The van der Waals surface area contributed by atoms with Gasteiger partial charge in [-0.1, -0.05) is 170 Å². The van der Waals surface area contributed by atoms with Gasteiger partial charge in [0.1, 0.15) is 0 Å². The van der Waals surface area contributed by atoms with Crippen molar-refractivity contribution in [2.75, 3.05) is 10.6 Å². The van der Waals surface area contributed by atoms with Crippen LogP contribution in [-0.2, 0) is 0 Å². The molecule has 0 bridgehead atoms. The van der Waals surface area contributed by atoms with Gasteiger partial charge in [-0.15, -0.1) is 0 Å². The number of hydrogen-bond acceptors (Lipinski definition) is 2. The van der Waals surface area contributed by atoms with Crippen LogP contribution in [0.4, 0.5) is 22.7 Å². The van der Waals surface area contributed by atoms with E-state index in [-0.39, 0.29) is 0 Å². The van der Waals surface area contributed by atoms with Gasteiger partial charge in [0.05, 0.1) is 0 Å². The van der Waals surface area contributed by atoms with Crippen LogP contribution in [0.2, 0.25) is 0 Å². The Morgan fingerprint density at radius 2 is 0.517 bits per heavy atom. The van der Waals surface area contributed by atoms with E-state index in [2.05, 4.69) is 243 Å². The van der Waals surface area contributed by atoms with Crippen molar-refractivity contribution < 1.29 is 0 Å². The molecule has 10 aromatic carbocycles. The topological polar surface area (TPSA) is 24.1 Å². The lowest BCUT2D eigenvalue weighted by atomic mass is 9.83. The lowest BCUT2D eigenvalue weighted by Crippen LogP contribution is -1.96. The smallest absolute Gasteiger partial charge is 0.0384 e. The van der Waals surface area contributed by atoms with E-state index in [1.807, 2.05) is 0 Å². The van der Waals surface area contributed by atoms with Crippen LogP contribution < -0.4 is 10.6 Å². The summed E-state index contributed by atoms with van der Waals surface area (Å²) in [6, 6.07) is 78.5. The SMILES string of the molecule is Cc1cc(-c2ccc(Nc3ccc(-c4ccccc4)cc3)cc2)c2ccccc2c1-c1c(C)cc(-c2ccc(Nc3ccc(-c4ccccc4)cc3)cc2)c2ccccc12. The van der Waals surface area contributed by atoms with Gasteiger partial charge in [-0.05, 0) is 151 Å². The van der Waals surface area contributed by atoms with E-state index in [0.717, 1.165) is 22.7 Å². The van der Waals surface area contributed by atoms with E-state index in [1.165, 1.54) is 88.3 Å². The minimum Gasteiger partial charge on any atom is -0.356 e. The number of rotatable bonds is 9. The van der Waals surface area contributed by atoms with Crippen molar-refractivity contribution in [3.8, 4) is 55.6 Å². The third kappa shape index (κ3) is 7.21. The second-order valence-electron chi connectivity index (χ2n) is 15.6. The van der Waals surface area contributed by atoms with Crippen LogP contribution in [0.1, 0.15) is 11.1 Å². The Morgan fingerprint density at radius 3 is 0.850 bits per heavy atom. The number of aryl methyl sites for hydroxylation is 2. The van der Waals surface area contributed by atoms with Gasteiger partial charge in [-0.2, -0.15) is 0 Å². The average molecular weight is 769 g/mol. The van der Waals surface area contributed by atoms with E-state index in [9.17, 15) is 0 Å². The molecule has 0 amide bonds. The Balaban J connectivity index is 0.940. The summed E-state index contributed by atoms with van der Waals surface area (Å²) >= 11 is 0. The minimum absolute atomic E-state index is 1.06. The van der Waals surface area contributed by atoms with E-state index in [1.54, 1.807) is 0 Å². The Hall–Kier alpha value is -7.68. The summed E-state index contributed by atoms with van der Waals surface area (Å²) in [5.41, 5.74) is 19.1. The van der Waals surface area contributed by atoms with E-state index >= 15 is 0 Å². The molecule has 286 valence electrons. The molecular formula is C58H44N2. The summed E-state index contributed by atoms with van der Waals surface area (Å²) in [5.74, 6) is 0. The van der Waals surface area contributed by atoms with Crippen molar-refractivity contribution in [1.82, 2.24) is 0 Å². The third-order valence-corrected chi connectivity index (χ3v) is 11.7. The first-order chi connectivity index (χ1) is 29.6. The summed E-state index contributed by atoms with van der Waals surface area (Å²) < 4.78 is 0. The minimum atomic E-state index is 1.06. The normalized spacial score (nSPS) is 11.2. The molecule has 10 aromatic rings. The monoisotopic (exact) mass is 768 g/mol. The standard InChI is InChI=1S/C58H44N2/c1-39-37-55(45-25-33-49(34-26-45)59-47-29-21-43(22-30-47)41-13-5-3-6-14-41)51-17-9-11-19-53(51)57(39)58-40(2)38-56(52-18-10-12-20-54(52)58)46-27-35-50(36-28-46)60-48-31-23-44(24-32-48)42-15-7-4-8-16-42/h3-38,59-60H,1-2H3. The second kappa shape index (κ2) is 15.9.